The average molecular weight is 214 g/mol. The van der Waals surface area contributed by atoms with Crippen LogP contribution >= 0.6 is 0 Å². The van der Waals surface area contributed by atoms with Gasteiger partial charge < -0.3 is 9.84 Å². The Labute approximate surface area is 91.8 Å². The molecular weight excluding hydrogens is 192 g/mol. The molecule has 0 aromatic heterocycles. The predicted molar refractivity (Wildman–Crippen MR) is 58.4 cm³/mol. The topological polar surface area (TPSA) is 46.5 Å². The van der Waals surface area contributed by atoms with Crippen molar-refractivity contribution in [1.82, 2.24) is 0 Å². The first-order chi connectivity index (χ1) is 6.76. The van der Waals surface area contributed by atoms with Gasteiger partial charge in [0.15, 0.2) is 0 Å². The molecule has 88 valence electrons. The maximum Gasteiger partial charge on any atom is 0.302 e. The molecule has 1 rings (SSSR count). The summed E-state index contributed by atoms with van der Waals surface area (Å²) in [6.07, 6.45) is 2.91. The zero-order valence-corrected chi connectivity index (χ0v) is 10.2. The van der Waals surface area contributed by atoms with Gasteiger partial charge in [0.1, 0.15) is 0 Å². The van der Waals surface area contributed by atoms with Crippen LogP contribution < -0.4 is 0 Å². The number of carbonyl (C=O) groups is 1. The first kappa shape index (κ1) is 12.5. The Balaban J connectivity index is 2.72. The third kappa shape index (κ3) is 2.94. The molecule has 3 nitrogen and oxygen atoms in total. The molecule has 0 aromatic rings. The first-order valence-electron chi connectivity index (χ1n) is 5.61. The summed E-state index contributed by atoms with van der Waals surface area (Å²) >= 11 is 0. The van der Waals surface area contributed by atoms with Crippen molar-refractivity contribution in [3.8, 4) is 0 Å². The molecule has 15 heavy (non-hydrogen) atoms. The minimum atomic E-state index is -0.711. The summed E-state index contributed by atoms with van der Waals surface area (Å²) < 4.78 is 5.05. The maximum atomic E-state index is 10.8. The van der Waals surface area contributed by atoms with Crippen LogP contribution in [0.15, 0.2) is 0 Å². The van der Waals surface area contributed by atoms with Crippen LogP contribution in [0.1, 0.15) is 47.0 Å². The van der Waals surface area contributed by atoms with E-state index in [0.29, 0.717) is 6.61 Å². The van der Waals surface area contributed by atoms with Crippen LogP contribution in [-0.2, 0) is 9.53 Å². The van der Waals surface area contributed by atoms with Gasteiger partial charge in [0.25, 0.3) is 0 Å². The standard InChI is InChI=1S/C12H22O3/c1-9(13)15-8-10-11(2,3)6-5-7-12(10,4)14/h10,14H,5-8H2,1-4H3/t10-,12-/m1/s1. The normalized spacial score (nSPS) is 34.9. The van der Waals surface area contributed by atoms with Gasteiger partial charge in [-0.3, -0.25) is 4.79 Å². The highest BCUT2D eigenvalue weighted by Crippen LogP contribution is 2.46. The molecule has 2 atom stereocenters. The van der Waals surface area contributed by atoms with Crippen molar-refractivity contribution in [3.63, 3.8) is 0 Å². The minimum Gasteiger partial charge on any atom is -0.465 e. The quantitative estimate of drug-likeness (QED) is 0.716. The molecule has 0 aliphatic heterocycles. The summed E-state index contributed by atoms with van der Waals surface area (Å²) in [4.78, 5) is 10.8. The molecule has 0 saturated heterocycles. The Kier molecular flexibility index (Phi) is 3.44. The molecule has 0 unspecified atom stereocenters. The monoisotopic (exact) mass is 214 g/mol. The molecule has 1 aliphatic carbocycles. The smallest absolute Gasteiger partial charge is 0.302 e. The van der Waals surface area contributed by atoms with Gasteiger partial charge in [-0.2, -0.15) is 0 Å². The summed E-state index contributed by atoms with van der Waals surface area (Å²) in [5.74, 6) is -0.241. The fourth-order valence-electron chi connectivity index (χ4n) is 2.70. The van der Waals surface area contributed by atoms with Gasteiger partial charge in [-0.05, 0) is 25.2 Å². The zero-order chi connectivity index (χ0) is 11.7. The van der Waals surface area contributed by atoms with E-state index in [9.17, 15) is 9.90 Å². The van der Waals surface area contributed by atoms with Crippen molar-refractivity contribution in [2.24, 2.45) is 11.3 Å². The van der Waals surface area contributed by atoms with Crippen LogP contribution in [-0.4, -0.2) is 23.3 Å². The van der Waals surface area contributed by atoms with Gasteiger partial charge in [0, 0.05) is 12.8 Å². The lowest BCUT2D eigenvalue weighted by molar-refractivity contribution is -0.154. The number of aliphatic hydroxyl groups is 1. The molecule has 0 heterocycles. The van der Waals surface area contributed by atoms with Gasteiger partial charge >= 0.3 is 5.97 Å². The van der Waals surface area contributed by atoms with Crippen molar-refractivity contribution < 1.29 is 14.6 Å². The van der Waals surface area contributed by atoms with E-state index >= 15 is 0 Å². The Morgan fingerprint density at radius 2 is 2.00 bits per heavy atom. The predicted octanol–water partition coefficient (Wildman–Crippen LogP) is 2.13. The van der Waals surface area contributed by atoms with Gasteiger partial charge in [0.05, 0.1) is 12.2 Å². The van der Waals surface area contributed by atoms with Crippen LogP contribution in [0.4, 0.5) is 0 Å². The molecule has 1 fully saturated rings. The third-order valence-corrected chi connectivity index (χ3v) is 3.65. The highest BCUT2D eigenvalue weighted by Gasteiger charge is 2.45. The van der Waals surface area contributed by atoms with Gasteiger partial charge in [-0.15, -0.1) is 0 Å². The highest BCUT2D eigenvalue weighted by atomic mass is 16.5. The molecule has 1 aliphatic rings. The molecule has 3 heteroatoms. The second-order valence-corrected chi connectivity index (χ2v) is 5.55. The van der Waals surface area contributed by atoms with Crippen LogP contribution in [0.5, 0.6) is 0 Å². The lowest BCUT2D eigenvalue weighted by atomic mass is 9.62. The van der Waals surface area contributed by atoms with E-state index in [2.05, 4.69) is 13.8 Å². The Morgan fingerprint density at radius 1 is 1.40 bits per heavy atom. The van der Waals surface area contributed by atoms with Crippen LogP contribution in [0.3, 0.4) is 0 Å². The van der Waals surface area contributed by atoms with Gasteiger partial charge in [-0.1, -0.05) is 20.3 Å². The van der Waals surface area contributed by atoms with E-state index < -0.39 is 5.60 Å². The van der Waals surface area contributed by atoms with Crippen molar-refractivity contribution in [3.05, 3.63) is 0 Å². The Bertz CT molecular complexity index is 227. The van der Waals surface area contributed by atoms with E-state index in [4.69, 9.17) is 4.74 Å². The van der Waals surface area contributed by atoms with E-state index in [1.807, 2.05) is 6.92 Å². The summed E-state index contributed by atoms with van der Waals surface area (Å²) in [6.45, 7) is 7.85. The maximum absolute atomic E-state index is 10.8. The highest BCUT2D eigenvalue weighted by molar-refractivity contribution is 5.65. The molecular formula is C12H22O3. The first-order valence-corrected chi connectivity index (χ1v) is 5.61. The van der Waals surface area contributed by atoms with Gasteiger partial charge in [-0.25, -0.2) is 0 Å². The fraction of sp³-hybridized carbons (Fsp3) is 0.917. The SMILES string of the molecule is CC(=O)OC[C@@H]1C(C)(C)CCC[C@@]1(C)O. The zero-order valence-electron chi connectivity index (χ0n) is 10.2. The Hall–Kier alpha value is -0.570. The van der Waals surface area contributed by atoms with Crippen molar-refractivity contribution >= 4 is 5.97 Å². The third-order valence-electron chi connectivity index (χ3n) is 3.65. The number of hydrogen-bond donors (Lipinski definition) is 1. The molecule has 0 amide bonds. The van der Waals surface area contributed by atoms with Crippen LogP contribution in [0, 0.1) is 11.3 Å². The van der Waals surface area contributed by atoms with E-state index in [1.54, 1.807) is 0 Å². The second kappa shape index (κ2) is 4.12. The van der Waals surface area contributed by atoms with E-state index in [1.165, 1.54) is 6.92 Å². The number of hydrogen-bond acceptors (Lipinski definition) is 3. The van der Waals surface area contributed by atoms with E-state index in [-0.39, 0.29) is 17.3 Å². The van der Waals surface area contributed by atoms with Crippen LogP contribution in [0.2, 0.25) is 0 Å². The van der Waals surface area contributed by atoms with Crippen molar-refractivity contribution in [2.75, 3.05) is 6.61 Å². The van der Waals surface area contributed by atoms with Crippen molar-refractivity contribution in [2.45, 2.75) is 52.6 Å². The number of rotatable bonds is 2. The number of carbonyl (C=O) groups excluding carboxylic acids is 1. The fourth-order valence-corrected chi connectivity index (χ4v) is 2.70. The molecule has 1 saturated carbocycles. The average Bonchev–Trinajstić information content (AvgIpc) is 1.99. The minimum absolute atomic E-state index is 0.0302. The van der Waals surface area contributed by atoms with Crippen LogP contribution in [0.25, 0.3) is 0 Å². The number of ether oxygens (including phenoxy) is 1. The summed E-state index contributed by atoms with van der Waals surface area (Å²) in [7, 11) is 0. The molecule has 0 spiro atoms. The lowest BCUT2D eigenvalue weighted by Gasteiger charge is -2.47. The second-order valence-electron chi connectivity index (χ2n) is 5.55. The Morgan fingerprint density at radius 3 is 2.47 bits per heavy atom. The summed E-state index contributed by atoms with van der Waals surface area (Å²) in [5, 5.41) is 10.3. The van der Waals surface area contributed by atoms with Gasteiger partial charge in [0.2, 0.25) is 0 Å². The number of esters is 1. The molecule has 0 radical (unpaired) electrons. The molecule has 0 bridgehead atoms. The summed E-state index contributed by atoms with van der Waals surface area (Å²) in [5.41, 5.74) is -0.672. The molecule has 0 aromatic carbocycles. The summed E-state index contributed by atoms with van der Waals surface area (Å²) in [6, 6.07) is 0. The largest absolute Gasteiger partial charge is 0.465 e. The van der Waals surface area contributed by atoms with Crippen molar-refractivity contribution in [1.29, 1.82) is 0 Å². The lowest BCUT2D eigenvalue weighted by Crippen LogP contribution is -2.49. The van der Waals surface area contributed by atoms with E-state index in [0.717, 1.165) is 19.3 Å². The molecule has 1 N–H and O–H groups in total.